The summed E-state index contributed by atoms with van der Waals surface area (Å²) < 4.78 is 7.37. The average Bonchev–Trinajstić information content (AvgIpc) is 2.36. The molecule has 0 aliphatic rings. The molecule has 0 aliphatic carbocycles. The summed E-state index contributed by atoms with van der Waals surface area (Å²) in [7, 11) is 1.73. The molecule has 0 fully saturated rings. The zero-order chi connectivity index (χ0) is 14.3. The molecule has 0 saturated carbocycles. The summed E-state index contributed by atoms with van der Waals surface area (Å²) in [5.41, 5.74) is 1.65. The largest absolute Gasteiger partial charge is 0.383 e. The van der Waals surface area contributed by atoms with E-state index in [-0.39, 0.29) is 5.41 Å². The predicted molar refractivity (Wildman–Crippen MR) is 88.7 cm³/mol. The molecule has 0 spiro atoms. The van der Waals surface area contributed by atoms with Crippen LogP contribution in [0, 0.1) is 5.41 Å². The molecule has 19 heavy (non-hydrogen) atoms. The van der Waals surface area contributed by atoms with Crippen LogP contribution in [0.5, 0.6) is 0 Å². The van der Waals surface area contributed by atoms with Crippen molar-refractivity contribution in [2.24, 2.45) is 5.41 Å². The second kappa shape index (κ2) is 8.40. The van der Waals surface area contributed by atoms with Crippen molar-refractivity contribution in [3.8, 4) is 0 Å². The molecule has 0 aromatic heterocycles. The Morgan fingerprint density at radius 2 is 2.00 bits per heavy atom. The summed E-state index contributed by atoms with van der Waals surface area (Å²) >= 11 is 7.15. The maximum Gasteiger partial charge on any atom is 0.0587 e. The van der Waals surface area contributed by atoms with Crippen LogP contribution >= 0.6 is 31.9 Å². The van der Waals surface area contributed by atoms with Crippen LogP contribution in [0.3, 0.4) is 0 Å². The van der Waals surface area contributed by atoms with Gasteiger partial charge < -0.3 is 10.1 Å². The van der Waals surface area contributed by atoms with Crippen molar-refractivity contribution in [2.75, 3.05) is 26.8 Å². The average molecular weight is 393 g/mol. The van der Waals surface area contributed by atoms with Gasteiger partial charge in [-0.15, -0.1) is 0 Å². The van der Waals surface area contributed by atoms with Crippen LogP contribution in [-0.2, 0) is 11.2 Å². The molecular weight excluding hydrogens is 370 g/mol. The SMILES string of the molecule is COCCNCC(C)(C)CCc1cc(Br)ccc1Br. The third kappa shape index (κ3) is 6.89. The molecule has 1 N–H and O–H groups in total. The van der Waals surface area contributed by atoms with Gasteiger partial charge in [0.05, 0.1) is 6.61 Å². The minimum absolute atomic E-state index is 0.287. The van der Waals surface area contributed by atoms with E-state index in [0.717, 1.165) is 37.0 Å². The fourth-order valence-corrected chi connectivity index (χ4v) is 2.75. The van der Waals surface area contributed by atoms with Gasteiger partial charge in [0.2, 0.25) is 0 Å². The highest BCUT2D eigenvalue weighted by molar-refractivity contribution is 9.11. The summed E-state index contributed by atoms with van der Waals surface area (Å²) in [6, 6.07) is 6.35. The molecule has 1 aromatic rings. The summed E-state index contributed by atoms with van der Waals surface area (Å²) in [5, 5.41) is 3.44. The van der Waals surface area contributed by atoms with Crippen LogP contribution in [0.25, 0.3) is 0 Å². The van der Waals surface area contributed by atoms with Crippen LogP contribution in [0.4, 0.5) is 0 Å². The first-order valence-corrected chi connectivity index (χ1v) is 8.17. The molecular formula is C15H23Br2NO. The van der Waals surface area contributed by atoms with Gasteiger partial charge in [0, 0.05) is 29.1 Å². The lowest BCUT2D eigenvalue weighted by Gasteiger charge is -2.25. The Morgan fingerprint density at radius 1 is 1.26 bits per heavy atom. The Morgan fingerprint density at radius 3 is 2.68 bits per heavy atom. The third-order valence-corrected chi connectivity index (χ3v) is 4.43. The van der Waals surface area contributed by atoms with Gasteiger partial charge in [0.25, 0.3) is 0 Å². The summed E-state index contributed by atoms with van der Waals surface area (Å²) in [5.74, 6) is 0. The second-order valence-electron chi connectivity index (χ2n) is 5.57. The van der Waals surface area contributed by atoms with E-state index in [1.54, 1.807) is 7.11 Å². The molecule has 0 saturated heterocycles. The van der Waals surface area contributed by atoms with E-state index in [4.69, 9.17) is 4.74 Å². The molecule has 0 unspecified atom stereocenters. The zero-order valence-corrected chi connectivity index (χ0v) is 15.1. The molecule has 4 heteroatoms. The number of ether oxygens (including phenoxy) is 1. The number of hydrogen-bond donors (Lipinski definition) is 1. The van der Waals surface area contributed by atoms with Crippen molar-refractivity contribution in [2.45, 2.75) is 26.7 Å². The van der Waals surface area contributed by atoms with E-state index in [2.05, 4.69) is 69.2 Å². The van der Waals surface area contributed by atoms with Gasteiger partial charge in [-0.1, -0.05) is 45.7 Å². The number of hydrogen-bond acceptors (Lipinski definition) is 2. The van der Waals surface area contributed by atoms with E-state index in [0.29, 0.717) is 0 Å². The molecule has 1 aromatic carbocycles. The summed E-state index contributed by atoms with van der Waals surface area (Å²) in [4.78, 5) is 0. The minimum Gasteiger partial charge on any atom is -0.383 e. The van der Waals surface area contributed by atoms with Crippen molar-refractivity contribution < 1.29 is 4.74 Å². The molecule has 0 atom stereocenters. The molecule has 0 radical (unpaired) electrons. The summed E-state index contributed by atoms with van der Waals surface area (Å²) in [6.45, 7) is 7.31. The maximum absolute atomic E-state index is 5.04. The van der Waals surface area contributed by atoms with E-state index in [1.165, 1.54) is 10.0 Å². The topological polar surface area (TPSA) is 21.3 Å². The molecule has 0 amide bonds. The van der Waals surface area contributed by atoms with Crippen molar-refractivity contribution in [1.82, 2.24) is 5.32 Å². The Kier molecular flexibility index (Phi) is 7.58. The smallest absolute Gasteiger partial charge is 0.0587 e. The highest BCUT2D eigenvalue weighted by Crippen LogP contribution is 2.27. The number of nitrogens with one attached hydrogen (secondary N) is 1. The van der Waals surface area contributed by atoms with Gasteiger partial charge in [0.15, 0.2) is 0 Å². The summed E-state index contributed by atoms with van der Waals surface area (Å²) in [6.07, 6.45) is 2.24. The molecule has 108 valence electrons. The number of aryl methyl sites for hydroxylation is 1. The van der Waals surface area contributed by atoms with Gasteiger partial charge in [0.1, 0.15) is 0 Å². The first kappa shape index (κ1) is 17.2. The highest BCUT2D eigenvalue weighted by Gasteiger charge is 2.17. The van der Waals surface area contributed by atoms with Crippen molar-refractivity contribution >= 4 is 31.9 Å². The fraction of sp³-hybridized carbons (Fsp3) is 0.600. The number of benzene rings is 1. The van der Waals surface area contributed by atoms with Gasteiger partial charge in [-0.25, -0.2) is 0 Å². The number of rotatable bonds is 8. The van der Waals surface area contributed by atoms with Crippen LogP contribution in [0.1, 0.15) is 25.8 Å². The second-order valence-corrected chi connectivity index (χ2v) is 7.34. The monoisotopic (exact) mass is 391 g/mol. The molecule has 0 heterocycles. The quantitative estimate of drug-likeness (QED) is 0.661. The Bertz CT molecular complexity index is 394. The fourth-order valence-electron chi connectivity index (χ4n) is 1.90. The molecule has 2 nitrogen and oxygen atoms in total. The molecule has 0 aliphatic heterocycles. The molecule has 1 rings (SSSR count). The van der Waals surface area contributed by atoms with E-state index in [1.807, 2.05) is 0 Å². The first-order valence-electron chi connectivity index (χ1n) is 6.58. The van der Waals surface area contributed by atoms with E-state index < -0.39 is 0 Å². The maximum atomic E-state index is 5.04. The normalized spacial score (nSPS) is 11.8. The van der Waals surface area contributed by atoms with Crippen LogP contribution in [0.2, 0.25) is 0 Å². The van der Waals surface area contributed by atoms with Crippen molar-refractivity contribution in [1.29, 1.82) is 0 Å². The lowest BCUT2D eigenvalue weighted by Crippen LogP contribution is -2.32. The number of halogens is 2. The minimum atomic E-state index is 0.287. The van der Waals surface area contributed by atoms with Crippen molar-refractivity contribution in [3.63, 3.8) is 0 Å². The van der Waals surface area contributed by atoms with Crippen LogP contribution in [-0.4, -0.2) is 26.8 Å². The van der Waals surface area contributed by atoms with Gasteiger partial charge in [-0.3, -0.25) is 0 Å². The number of methoxy groups -OCH3 is 1. The van der Waals surface area contributed by atoms with Crippen molar-refractivity contribution in [3.05, 3.63) is 32.7 Å². The predicted octanol–water partition coefficient (Wildman–Crippen LogP) is 4.41. The van der Waals surface area contributed by atoms with Crippen LogP contribution in [0.15, 0.2) is 27.1 Å². The standard InChI is InChI=1S/C15H23Br2NO/c1-15(2,11-18-8-9-19-3)7-6-12-10-13(16)4-5-14(12)17/h4-5,10,18H,6-9,11H2,1-3H3. The van der Waals surface area contributed by atoms with E-state index in [9.17, 15) is 0 Å². The Labute approximate surface area is 133 Å². The lowest BCUT2D eigenvalue weighted by atomic mass is 9.86. The molecule has 0 bridgehead atoms. The Hall–Kier alpha value is 0.1000. The van der Waals surface area contributed by atoms with Gasteiger partial charge in [-0.05, 0) is 42.0 Å². The zero-order valence-electron chi connectivity index (χ0n) is 11.9. The van der Waals surface area contributed by atoms with Gasteiger partial charge >= 0.3 is 0 Å². The first-order chi connectivity index (χ1) is 8.94. The Balaban J connectivity index is 2.43. The third-order valence-electron chi connectivity index (χ3n) is 3.17. The van der Waals surface area contributed by atoms with E-state index >= 15 is 0 Å². The highest BCUT2D eigenvalue weighted by atomic mass is 79.9. The van der Waals surface area contributed by atoms with Crippen LogP contribution < -0.4 is 5.32 Å². The van der Waals surface area contributed by atoms with Gasteiger partial charge in [-0.2, -0.15) is 0 Å². The lowest BCUT2D eigenvalue weighted by molar-refractivity contribution is 0.193.